The summed E-state index contributed by atoms with van der Waals surface area (Å²) in [4.78, 5) is 19.3. The molecule has 8 heteroatoms. The summed E-state index contributed by atoms with van der Waals surface area (Å²) >= 11 is 1.39. The van der Waals surface area contributed by atoms with Gasteiger partial charge in [-0.1, -0.05) is 0 Å². The van der Waals surface area contributed by atoms with Crippen LogP contribution in [0, 0.1) is 13.8 Å². The van der Waals surface area contributed by atoms with Gasteiger partial charge in [0.1, 0.15) is 16.4 Å². The molecule has 1 fully saturated rings. The maximum Gasteiger partial charge on any atom is 0.265 e. The Bertz CT molecular complexity index is 816. The molecule has 3 heterocycles. The summed E-state index contributed by atoms with van der Waals surface area (Å²) in [5, 5.41) is 0.447. The maximum atomic E-state index is 12.6. The number of likely N-dealkylation sites (tertiary alicyclic amines) is 1. The molecule has 0 unspecified atom stereocenters. The van der Waals surface area contributed by atoms with Crippen molar-refractivity contribution in [2.75, 3.05) is 13.1 Å². The third-order valence-electron chi connectivity index (χ3n) is 4.26. The molecule has 0 N–H and O–H groups in total. The first-order valence-corrected chi connectivity index (χ1v) is 10.4. The summed E-state index contributed by atoms with van der Waals surface area (Å²) in [5.41, 5.74) is 0.745. The minimum absolute atomic E-state index is 0.0417. The molecule has 2 aromatic rings. The molecule has 1 amide bonds. The fourth-order valence-electron chi connectivity index (χ4n) is 3.00. The van der Waals surface area contributed by atoms with E-state index in [1.54, 1.807) is 17.0 Å². The first-order chi connectivity index (χ1) is 11.4. The molecule has 0 aliphatic carbocycles. The number of carbonyl (C=O) groups is 1. The third kappa shape index (κ3) is 3.54. The lowest BCUT2D eigenvalue weighted by molar-refractivity contribution is 0.0729. The summed E-state index contributed by atoms with van der Waals surface area (Å²) in [6, 6.07) is 3.36. The van der Waals surface area contributed by atoms with Crippen LogP contribution in [0.5, 0.6) is 0 Å². The van der Waals surface area contributed by atoms with Crippen molar-refractivity contribution in [3.05, 3.63) is 39.7 Å². The summed E-state index contributed by atoms with van der Waals surface area (Å²) in [5.74, 6) is 0.343. The number of aryl methyl sites for hydroxylation is 2. The zero-order valence-electron chi connectivity index (χ0n) is 13.7. The van der Waals surface area contributed by atoms with Crippen molar-refractivity contribution in [2.45, 2.75) is 37.7 Å². The predicted octanol–water partition coefficient (Wildman–Crippen LogP) is 2.57. The van der Waals surface area contributed by atoms with Crippen molar-refractivity contribution in [3.8, 4) is 0 Å². The van der Waals surface area contributed by atoms with E-state index in [1.807, 2.05) is 13.8 Å². The fraction of sp³-hybridized carbons (Fsp3) is 0.500. The van der Waals surface area contributed by atoms with E-state index >= 15 is 0 Å². The largest absolute Gasteiger partial charge is 0.468 e. The number of sulfone groups is 1. The van der Waals surface area contributed by atoms with Gasteiger partial charge in [-0.15, -0.1) is 11.3 Å². The molecule has 1 saturated heterocycles. The van der Waals surface area contributed by atoms with Crippen LogP contribution < -0.4 is 0 Å². The number of aromatic nitrogens is 1. The Balaban J connectivity index is 1.63. The number of hydrogen-bond acceptors (Lipinski definition) is 6. The topological polar surface area (TPSA) is 80.5 Å². The highest BCUT2D eigenvalue weighted by molar-refractivity contribution is 7.91. The number of furan rings is 1. The van der Waals surface area contributed by atoms with Gasteiger partial charge in [-0.2, -0.15) is 0 Å². The van der Waals surface area contributed by atoms with Gasteiger partial charge in [0.25, 0.3) is 5.91 Å². The minimum atomic E-state index is -3.27. The molecule has 6 nitrogen and oxygen atoms in total. The Morgan fingerprint density at radius 1 is 1.38 bits per heavy atom. The van der Waals surface area contributed by atoms with Crippen LogP contribution in [0.1, 0.15) is 39.0 Å². The summed E-state index contributed by atoms with van der Waals surface area (Å²) in [7, 11) is -3.27. The number of carbonyl (C=O) groups excluding carboxylic acids is 1. The fourth-order valence-corrected chi connectivity index (χ4v) is 5.62. The summed E-state index contributed by atoms with van der Waals surface area (Å²) in [6.07, 6.45) is 2.41. The Labute approximate surface area is 145 Å². The van der Waals surface area contributed by atoms with Crippen LogP contribution in [-0.4, -0.2) is 42.5 Å². The molecule has 0 radical (unpaired) electrons. The number of amides is 1. The van der Waals surface area contributed by atoms with Gasteiger partial charge < -0.3 is 9.32 Å². The van der Waals surface area contributed by atoms with Crippen molar-refractivity contribution < 1.29 is 17.6 Å². The molecule has 2 aromatic heterocycles. The zero-order chi connectivity index (χ0) is 17.3. The van der Waals surface area contributed by atoms with Crippen LogP contribution in [0.3, 0.4) is 0 Å². The van der Waals surface area contributed by atoms with Crippen LogP contribution in [0.25, 0.3) is 0 Å². The minimum Gasteiger partial charge on any atom is -0.468 e. The SMILES string of the molecule is Cc1nc(C)c(C(=O)N2CCC(S(=O)(=O)Cc3ccco3)CC2)s1. The number of hydrogen-bond donors (Lipinski definition) is 0. The van der Waals surface area contributed by atoms with Crippen molar-refractivity contribution >= 4 is 27.1 Å². The molecule has 1 aliphatic rings. The molecular weight excluding hydrogens is 348 g/mol. The Morgan fingerprint density at radius 2 is 2.08 bits per heavy atom. The number of nitrogens with zero attached hydrogens (tertiary/aromatic N) is 2. The predicted molar refractivity (Wildman–Crippen MR) is 91.8 cm³/mol. The second-order valence-corrected chi connectivity index (χ2v) is 9.51. The third-order valence-corrected chi connectivity index (χ3v) is 7.49. The maximum absolute atomic E-state index is 12.6. The van der Waals surface area contributed by atoms with Gasteiger partial charge >= 0.3 is 0 Å². The second-order valence-electron chi connectivity index (χ2n) is 6.03. The van der Waals surface area contributed by atoms with Gasteiger partial charge in [0.2, 0.25) is 0 Å². The standard InChI is InChI=1S/C16H20N2O4S2/c1-11-15(23-12(2)17-11)16(19)18-7-5-14(6-8-18)24(20,21)10-13-4-3-9-22-13/h3-4,9,14H,5-8,10H2,1-2H3. The van der Waals surface area contributed by atoms with Gasteiger partial charge in [-0.3, -0.25) is 4.79 Å². The van der Waals surface area contributed by atoms with E-state index in [-0.39, 0.29) is 11.7 Å². The lowest BCUT2D eigenvalue weighted by Gasteiger charge is -2.31. The highest BCUT2D eigenvalue weighted by Gasteiger charge is 2.33. The molecule has 24 heavy (non-hydrogen) atoms. The van der Waals surface area contributed by atoms with E-state index in [1.165, 1.54) is 17.6 Å². The number of piperidine rings is 1. The molecule has 3 rings (SSSR count). The highest BCUT2D eigenvalue weighted by Crippen LogP contribution is 2.25. The van der Waals surface area contributed by atoms with Crippen molar-refractivity contribution in [1.82, 2.24) is 9.88 Å². The van der Waals surface area contributed by atoms with E-state index in [0.29, 0.717) is 36.6 Å². The van der Waals surface area contributed by atoms with E-state index < -0.39 is 15.1 Å². The Morgan fingerprint density at radius 3 is 2.62 bits per heavy atom. The van der Waals surface area contributed by atoms with Gasteiger partial charge in [0.05, 0.1) is 22.2 Å². The van der Waals surface area contributed by atoms with E-state index in [9.17, 15) is 13.2 Å². The molecule has 0 aromatic carbocycles. The molecule has 1 aliphatic heterocycles. The average molecular weight is 368 g/mol. The Kier molecular flexibility index (Phi) is 4.78. The van der Waals surface area contributed by atoms with E-state index in [4.69, 9.17) is 4.42 Å². The van der Waals surface area contributed by atoms with Crippen LogP contribution in [0.2, 0.25) is 0 Å². The van der Waals surface area contributed by atoms with Crippen LogP contribution in [-0.2, 0) is 15.6 Å². The average Bonchev–Trinajstić information content (AvgIpc) is 3.15. The summed E-state index contributed by atoms with van der Waals surface area (Å²) < 4.78 is 30.1. The highest BCUT2D eigenvalue weighted by atomic mass is 32.2. The van der Waals surface area contributed by atoms with Gasteiger partial charge in [0, 0.05) is 13.1 Å². The monoisotopic (exact) mass is 368 g/mol. The summed E-state index contributed by atoms with van der Waals surface area (Å²) in [6.45, 7) is 4.62. The molecular formula is C16H20N2O4S2. The second kappa shape index (κ2) is 6.68. The Hall–Kier alpha value is -1.67. The molecule has 130 valence electrons. The number of thiazole rings is 1. The first-order valence-electron chi connectivity index (χ1n) is 7.84. The molecule has 0 bridgehead atoms. The number of rotatable bonds is 4. The molecule has 0 spiro atoms. The molecule has 0 atom stereocenters. The van der Waals surface area contributed by atoms with Crippen LogP contribution in [0.15, 0.2) is 22.8 Å². The van der Waals surface area contributed by atoms with Crippen molar-refractivity contribution in [1.29, 1.82) is 0 Å². The van der Waals surface area contributed by atoms with Crippen molar-refractivity contribution in [3.63, 3.8) is 0 Å². The quantitative estimate of drug-likeness (QED) is 0.828. The van der Waals surface area contributed by atoms with Gasteiger partial charge in [0.15, 0.2) is 9.84 Å². The lowest BCUT2D eigenvalue weighted by Crippen LogP contribution is -2.42. The molecule has 0 saturated carbocycles. The smallest absolute Gasteiger partial charge is 0.265 e. The van der Waals surface area contributed by atoms with Crippen LogP contribution >= 0.6 is 11.3 Å². The van der Waals surface area contributed by atoms with Gasteiger partial charge in [-0.05, 0) is 38.8 Å². The normalized spacial score (nSPS) is 16.5. The first kappa shape index (κ1) is 17.2. The van der Waals surface area contributed by atoms with E-state index in [0.717, 1.165) is 10.7 Å². The van der Waals surface area contributed by atoms with E-state index in [2.05, 4.69) is 4.98 Å². The van der Waals surface area contributed by atoms with Gasteiger partial charge in [-0.25, -0.2) is 13.4 Å². The van der Waals surface area contributed by atoms with Crippen LogP contribution in [0.4, 0.5) is 0 Å². The zero-order valence-corrected chi connectivity index (χ0v) is 15.3. The lowest BCUT2D eigenvalue weighted by atomic mass is 10.1. The van der Waals surface area contributed by atoms with Crippen molar-refractivity contribution in [2.24, 2.45) is 0 Å².